The molecule has 0 aliphatic rings. The Kier molecular flexibility index (Phi) is 3.88. The Bertz CT molecular complexity index is 474. The molecule has 2 N–H and O–H groups in total. The topological polar surface area (TPSA) is 63.4 Å². The van der Waals surface area contributed by atoms with Gasteiger partial charge in [-0.1, -0.05) is 13.0 Å². The molecule has 0 unspecified atom stereocenters. The average Bonchev–Trinajstić information content (AvgIpc) is 2.22. The van der Waals surface area contributed by atoms with Crippen LogP contribution in [-0.2, 0) is 10.0 Å². The molecule has 16 heavy (non-hydrogen) atoms. The predicted octanol–water partition coefficient (Wildman–Crippen LogP) is 1.44. The molecule has 0 amide bonds. The first kappa shape index (κ1) is 12.9. The third-order valence-electron chi connectivity index (χ3n) is 2.24. The van der Waals surface area contributed by atoms with E-state index in [2.05, 4.69) is 0 Å². The average molecular weight is 246 g/mol. The molecule has 6 heteroatoms. The lowest BCUT2D eigenvalue weighted by molar-refractivity contribution is 0.468. The minimum atomic E-state index is -3.69. The first-order chi connectivity index (χ1) is 7.41. The highest BCUT2D eigenvalue weighted by molar-refractivity contribution is 7.89. The summed E-state index contributed by atoms with van der Waals surface area (Å²) >= 11 is 0. The second kappa shape index (κ2) is 4.80. The fourth-order valence-electron chi connectivity index (χ4n) is 1.35. The Morgan fingerprint density at radius 3 is 2.62 bits per heavy atom. The Balaban J connectivity index is 3.22. The minimum Gasteiger partial charge on any atom is -0.395 e. The highest BCUT2D eigenvalue weighted by atomic mass is 32.2. The largest absolute Gasteiger partial charge is 0.395 e. The van der Waals surface area contributed by atoms with Gasteiger partial charge >= 0.3 is 0 Å². The van der Waals surface area contributed by atoms with Gasteiger partial charge in [0, 0.05) is 13.6 Å². The van der Waals surface area contributed by atoms with Crippen molar-refractivity contribution in [2.45, 2.75) is 18.2 Å². The standard InChI is InChI=1S/C10H15FN2O2S/c1-3-7-13(2)16(14,15)9-6-4-5-8(11)10(9)12/h4-6H,3,7,12H2,1-2H3. The van der Waals surface area contributed by atoms with E-state index in [0.717, 1.165) is 10.4 Å². The summed E-state index contributed by atoms with van der Waals surface area (Å²) in [6, 6.07) is 3.77. The maximum Gasteiger partial charge on any atom is 0.244 e. The van der Waals surface area contributed by atoms with E-state index < -0.39 is 15.8 Å². The Hall–Kier alpha value is -1.14. The minimum absolute atomic E-state index is 0.177. The first-order valence-corrected chi connectivity index (χ1v) is 6.35. The number of sulfonamides is 1. The molecular weight excluding hydrogens is 231 g/mol. The summed E-state index contributed by atoms with van der Waals surface area (Å²) < 4.78 is 38.3. The molecule has 0 saturated carbocycles. The van der Waals surface area contributed by atoms with Crippen LogP contribution in [-0.4, -0.2) is 26.3 Å². The van der Waals surface area contributed by atoms with Gasteiger partial charge in [-0.2, -0.15) is 0 Å². The van der Waals surface area contributed by atoms with Crippen LogP contribution in [0.2, 0.25) is 0 Å². The van der Waals surface area contributed by atoms with Gasteiger partial charge in [0.1, 0.15) is 10.7 Å². The van der Waals surface area contributed by atoms with E-state index in [9.17, 15) is 12.8 Å². The van der Waals surface area contributed by atoms with Crippen LogP contribution in [0.4, 0.5) is 10.1 Å². The van der Waals surface area contributed by atoms with Gasteiger partial charge in [0.05, 0.1) is 5.69 Å². The van der Waals surface area contributed by atoms with Crippen LogP contribution in [0.1, 0.15) is 13.3 Å². The summed E-state index contributed by atoms with van der Waals surface area (Å²) in [6.07, 6.45) is 0.685. The molecule has 0 aliphatic heterocycles. The van der Waals surface area contributed by atoms with Gasteiger partial charge in [-0.25, -0.2) is 17.1 Å². The van der Waals surface area contributed by atoms with Crippen LogP contribution in [0.5, 0.6) is 0 Å². The van der Waals surface area contributed by atoms with Crippen molar-refractivity contribution in [3.05, 3.63) is 24.0 Å². The molecule has 0 spiro atoms. The van der Waals surface area contributed by atoms with Gasteiger partial charge in [-0.15, -0.1) is 0 Å². The maximum absolute atomic E-state index is 13.2. The van der Waals surface area contributed by atoms with E-state index in [0.29, 0.717) is 13.0 Å². The quantitative estimate of drug-likeness (QED) is 0.818. The molecular formula is C10H15FN2O2S. The van der Waals surface area contributed by atoms with Gasteiger partial charge in [0.15, 0.2) is 0 Å². The molecule has 0 heterocycles. The normalized spacial score (nSPS) is 12.0. The lowest BCUT2D eigenvalue weighted by atomic mass is 10.3. The molecule has 0 aromatic heterocycles. The number of hydrogen-bond donors (Lipinski definition) is 1. The number of nitrogen functional groups attached to an aromatic ring is 1. The number of rotatable bonds is 4. The maximum atomic E-state index is 13.2. The summed E-state index contributed by atoms with van der Waals surface area (Å²) in [5, 5.41) is 0. The summed E-state index contributed by atoms with van der Waals surface area (Å²) in [5.74, 6) is -0.717. The van der Waals surface area contributed by atoms with E-state index in [1.54, 1.807) is 0 Å². The molecule has 0 saturated heterocycles. The lowest BCUT2D eigenvalue weighted by Gasteiger charge is -2.17. The second-order valence-corrected chi connectivity index (χ2v) is 5.49. The van der Waals surface area contributed by atoms with E-state index in [1.807, 2.05) is 6.92 Å². The number of nitrogens with two attached hydrogens (primary N) is 1. The van der Waals surface area contributed by atoms with Crippen LogP contribution >= 0.6 is 0 Å². The fourth-order valence-corrected chi connectivity index (χ4v) is 2.73. The Morgan fingerprint density at radius 1 is 1.44 bits per heavy atom. The van der Waals surface area contributed by atoms with Crippen molar-refractivity contribution in [3.8, 4) is 0 Å². The van der Waals surface area contributed by atoms with Crippen molar-refractivity contribution in [1.82, 2.24) is 4.31 Å². The third kappa shape index (κ3) is 2.33. The van der Waals surface area contributed by atoms with Crippen molar-refractivity contribution in [3.63, 3.8) is 0 Å². The van der Waals surface area contributed by atoms with Gasteiger partial charge in [-0.3, -0.25) is 0 Å². The zero-order valence-electron chi connectivity index (χ0n) is 9.27. The second-order valence-electron chi connectivity index (χ2n) is 3.48. The van der Waals surface area contributed by atoms with Crippen LogP contribution < -0.4 is 5.73 Å². The predicted molar refractivity (Wildman–Crippen MR) is 60.9 cm³/mol. The number of hydrogen-bond acceptors (Lipinski definition) is 3. The van der Waals surface area contributed by atoms with Crippen LogP contribution in [0.25, 0.3) is 0 Å². The van der Waals surface area contributed by atoms with Gasteiger partial charge < -0.3 is 5.73 Å². The highest BCUT2D eigenvalue weighted by Crippen LogP contribution is 2.23. The first-order valence-electron chi connectivity index (χ1n) is 4.91. The monoisotopic (exact) mass is 246 g/mol. The molecule has 1 rings (SSSR count). The molecule has 0 radical (unpaired) electrons. The van der Waals surface area contributed by atoms with E-state index in [-0.39, 0.29) is 10.6 Å². The smallest absolute Gasteiger partial charge is 0.244 e. The van der Waals surface area contributed by atoms with E-state index >= 15 is 0 Å². The molecule has 1 aromatic carbocycles. The number of benzene rings is 1. The molecule has 4 nitrogen and oxygen atoms in total. The number of para-hydroxylation sites is 1. The summed E-state index contributed by atoms with van der Waals surface area (Å²) in [7, 11) is -2.24. The fraction of sp³-hybridized carbons (Fsp3) is 0.400. The molecule has 0 bridgehead atoms. The SMILES string of the molecule is CCCN(C)S(=O)(=O)c1cccc(F)c1N. The summed E-state index contributed by atoms with van der Waals surface area (Å²) in [5.41, 5.74) is 5.09. The van der Waals surface area contributed by atoms with Crippen molar-refractivity contribution < 1.29 is 12.8 Å². The molecule has 0 atom stereocenters. The molecule has 0 aliphatic carbocycles. The zero-order valence-corrected chi connectivity index (χ0v) is 10.1. The number of halogens is 1. The summed E-state index contributed by atoms with van der Waals surface area (Å²) in [6.45, 7) is 2.24. The van der Waals surface area contributed by atoms with E-state index in [1.165, 1.54) is 19.2 Å². The lowest BCUT2D eigenvalue weighted by Crippen LogP contribution is -2.28. The number of anilines is 1. The molecule has 1 aromatic rings. The number of nitrogens with zero attached hydrogens (tertiary/aromatic N) is 1. The molecule has 0 fully saturated rings. The third-order valence-corrected chi connectivity index (χ3v) is 4.15. The van der Waals surface area contributed by atoms with Crippen molar-refractivity contribution in [1.29, 1.82) is 0 Å². The molecule has 90 valence electrons. The van der Waals surface area contributed by atoms with Crippen LogP contribution in [0, 0.1) is 5.82 Å². The zero-order chi connectivity index (χ0) is 12.3. The highest BCUT2D eigenvalue weighted by Gasteiger charge is 2.23. The van der Waals surface area contributed by atoms with Crippen molar-refractivity contribution in [2.75, 3.05) is 19.3 Å². The van der Waals surface area contributed by atoms with Crippen LogP contribution in [0.15, 0.2) is 23.1 Å². The van der Waals surface area contributed by atoms with Crippen molar-refractivity contribution in [2.24, 2.45) is 0 Å². The Morgan fingerprint density at radius 2 is 2.06 bits per heavy atom. The van der Waals surface area contributed by atoms with Crippen LogP contribution in [0.3, 0.4) is 0 Å². The van der Waals surface area contributed by atoms with E-state index in [4.69, 9.17) is 5.73 Å². The van der Waals surface area contributed by atoms with Gasteiger partial charge in [0.2, 0.25) is 10.0 Å². The van der Waals surface area contributed by atoms with Crippen molar-refractivity contribution >= 4 is 15.7 Å². The summed E-state index contributed by atoms with van der Waals surface area (Å²) in [4.78, 5) is -0.177. The Labute approximate surface area is 94.9 Å². The van der Waals surface area contributed by atoms with Gasteiger partial charge in [0.25, 0.3) is 0 Å². The van der Waals surface area contributed by atoms with Gasteiger partial charge in [-0.05, 0) is 18.6 Å².